The molecule has 0 spiro atoms. The van der Waals surface area contributed by atoms with E-state index in [0.717, 1.165) is 11.3 Å². The van der Waals surface area contributed by atoms with Crippen molar-refractivity contribution in [3.8, 4) is 5.75 Å². The molecule has 0 saturated heterocycles. The summed E-state index contributed by atoms with van der Waals surface area (Å²) in [6.45, 7) is 3.23. The molecule has 0 bridgehead atoms. The Kier molecular flexibility index (Phi) is 5.24. The molecule has 18 heavy (non-hydrogen) atoms. The highest BCUT2D eigenvalue weighted by Crippen LogP contribution is 2.11. The fourth-order valence-electron chi connectivity index (χ4n) is 1.49. The van der Waals surface area contributed by atoms with Crippen LogP contribution >= 0.6 is 0 Å². The predicted molar refractivity (Wildman–Crippen MR) is 70.0 cm³/mol. The standard InChI is InChI=1S/C14H17NO3/c1-10(16)14(11(2)17)9-15-8-12-4-6-13(18-3)7-5-12/h4-7,9,14H,8H2,1-3H3. The second-order valence-corrected chi connectivity index (χ2v) is 4.04. The molecular weight excluding hydrogens is 230 g/mol. The smallest absolute Gasteiger partial charge is 0.145 e. The molecule has 0 amide bonds. The summed E-state index contributed by atoms with van der Waals surface area (Å²) in [4.78, 5) is 26.5. The molecule has 4 nitrogen and oxygen atoms in total. The number of carbonyl (C=O) groups is 2. The van der Waals surface area contributed by atoms with Gasteiger partial charge in [0.1, 0.15) is 23.2 Å². The molecule has 4 heteroatoms. The van der Waals surface area contributed by atoms with E-state index >= 15 is 0 Å². The van der Waals surface area contributed by atoms with Crippen molar-refractivity contribution >= 4 is 17.8 Å². The Balaban J connectivity index is 2.62. The van der Waals surface area contributed by atoms with E-state index in [2.05, 4.69) is 4.99 Å². The lowest BCUT2D eigenvalue weighted by Gasteiger charge is -2.03. The molecule has 0 radical (unpaired) electrons. The molecule has 1 aromatic rings. The topological polar surface area (TPSA) is 55.7 Å². The van der Waals surface area contributed by atoms with E-state index in [0.29, 0.717) is 6.54 Å². The highest BCUT2D eigenvalue weighted by atomic mass is 16.5. The van der Waals surface area contributed by atoms with Crippen LogP contribution in [0, 0.1) is 5.92 Å². The van der Waals surface area contributed by atoms with E-state index in [1.165, 1.54) is 20.1 Å². The minimum atomic E-state index is -0.719. The number of ketones is 2. The molecule has 96 valence electrons. The van der Waals surface area contributed by atoms with Gasteiger partial charge in [0.2, 0.25) is 0 Å². The molecule has 0 aliphatic rings. The normalized spacial score (nSPS) is 10.9. The summed E-state index contributed by atoms with van der Waals surface area (Å²) < 4.78 is 5.05. The van der Waals surface area contributed by atoms with E-state index in [1.807, 2.05) is 24.3 Å². The lowest BCUT2D eigenvalue weighted by atomic mass is 10.0. The average molecular weight is 247 g/mol. The summed E-state index contributed by atoms with van der Waals surface area (Å²) in [6.07, 6.45) is 1.43. The van der Waals surface area contributed by atoms with Crippen molar-refractivity contribution in [2.75, 3.05) is 7.11 Å². The van der Waals surface area contributed by atoms with E-state index in [9.17, 15) is 9.59 Å². The Morgan fingerprint density at radius 3 is 2.22 bits per heavy atom. The third kappa shape index (κ3) is 4.13. The molecule has 1 aromatic carbocycles. The van der Waals surface area contributed by atoms with Crippen LogP contribution in [0.2, 0.25) is 0 Å². The van der Waals surface area contributed by atoms with Crippen LogP contribution in [0.3, 0.4) is 0 Å². The minimum absolute atomic E-state index is 0.180. The predicted octanol–water partition coefficient (Wildman–Crippen LogP) is 2.06. The van der Waals surface area contributed by atoms with Crippen molar-refractivity contribution in [3.63, 3.8) is 0 Å². The summed E-state index contributed by atoms with van der Waals surface area (Å²) in [6, 6.07) is 7.48. The molecule has 0 fully saturated rings. The van der Waals surface area contributed by atoms with Gasteiger partial charge in [0.15, 0.2) is 0 Å². The van der Waals surface area contributed by atoms with Crippen LogP contribution in [0.4, 0.5) is 0 Å². The van der Waals surface area contributed by atoms with Crippen LogP contribution in [-0.2, 0) is 16.1 Å². The molecule has 0 saturated carbocycles. The van der Waals surface area contributed by atoms with Crippen LogP contribution in [0.15, 0.2) is 29.3 Å². The Hall–Kier alpha value is -1.97. The molecule has 0 atom stereocenters. The van der Waals surface area contributed by atoms with Gasteiger partial charge >= 0.3 is 0 Å². The first kappa shape index (κ1) is 14.1. The first-order valence-electron chi connectivity index (χ1n) is 5.68. The van der Waals surface area contributed by atoms with Crippen molar-refractivity contribution in [2.24, 2.45) is 10.9 Å². The highest BCUT2D eigenvalue weighted by Gasteiger charge is 2.16. The number of methoxy groups -OCH3 is 1. The van der Waals surface area contributed by atoms with Crippen LogP contribution in [0.25, 0.3) is 0 Å². The highest BCUT2D eigenvalue weighted by molar-refractivity contribution is 6.12. The zero-order chi connectivity index (χ0) is 13.5. The monoisotopic (exact) mass is 247 g/mol. The number of rotatable bonds is 6. The van der Waals surface area contributed by atoms with Gasteiger partial charge in [-0.05, 0) is 31.5 Å². The number of hydrogen-bond acceptors (Lipinski definition) is 4. The Labute approximate surface area is 107 Å². The minimum Gasteiger partial charge on any atom is -0.497 e. The lowest BCUT2D eigenvalue weighted by molar-refractivity contribution is -0.127. The van der Waals surface area contributed by atoms with Crippen LogP contribution in [0.5, 0.6) is 5.75 Å². The second kappa shape index (κ2) is 6.69. The molecule has 0 aliphatic heterocycles. The fourth-order valence-corrected chi connectivity index (χ4v) is 1.49. The van der Waals surface area contributed by atoms with Crippen molar-refractivity contribution in [1.29, 1.82) is 0 Å². The molecule has 0 aliphatic carbocycles. The zero-order valence-corrected chi connectivity index (χ0v) is 10.8. The first-order chi connectivity index (χ1) is 8.54. The van der Waals surface area contributed by atoms with Crippen molar-refractivity contribution in [3.05, 3.63) is 29.8 Å². The number of nitrogens with zero attached hydrogens (tertiary/aromatic N) is 1. The van der Waals surface area contributed by atoms with Crippen molar-refractivity contribution in [1.82, 2.24) is 0 Å². The van der Waals surface area contributed by atoms with Gasteiger partial charge in [-0.3, -0.25) is 14.6 Å². The third-order valence-corrected chi connectivity index (χ3v) is 2.56. The Morgan fingerprint density at radius 1 is 1.22 bits per heavy atom. The Bertz CT molecular complexity index is 435. The van der Waals surface area contributed by atoms with Gasteiger partial charge in [0.05, 0.1) is 13.7 Å². The Morgan fingerprint density at radius 2 is 1.78 bits per heavy atom. The molecule has 0 aromatic heterocycles. The van der Waals surface area contributed by atoms with Crippen molar-refractivity contribution < 1.29 is 14.3 Å². The molecular formula is C14H17NO3. The maximum Gasteiger partial charge on any atom is 0.145 e. The van der Waals surface area contributed by atoms with Gasteiger partial charge in [0, 0.05) is 6.21 Å². The number of carbonyl (C=O) groups excluding carboxylic acids is 2. The zero-order valence-electron chi connectivity index (χ0n) is 10.8. The summed E-state index contributed by atoms with van der Waals surface area (Å²) >= 11 is 0. The number of Topliss-reactive ketones (excluding diaryl/α,β-unsaturated/α-hetero) is 2. The van der Waals surface area contributed by atoms with E-state index in [4.69, 9.17) is 4.74 Å². The maximum atomic E-state index is 11.2. The quantitative estimate of drug-likeness (QED) is 0.571. The molecule has 0 unspecified atom stereocenters. The van der Waals surface area contributed by atoms with Crippen LogP contribution < -0.4 is 4.74 Å². The van der Waals surface area contributed by atoms with Gasteiger partial charge in [0.25, 0.3) is 0 Å². The van der Waals surface area contributed by atoms with Crippen LogP contribution in [-0.4, -0.2) is 24.9 Å². The largest absolute Gasteiger partial charge is 0.497 e. The van der Waals surface area contributed by atoms with Crippen molar-refractivity contribution in [2.45, 2.75) is 20.4 Å². The van der Waals surface area contributed by atoms with E-state index in [1.54, 1.807) is 7.11 Å². The van der Waals surface area contributed by atoms with E-state index < -0.39 is 5.92 Å². The van der Waals surface area contributed by atoms with Gasteiger partial charge in [-0.2, -0.15) is 0 Å². The molecule has 0 N–H and O–H groups in total. The van der Waals surface area contributed by atoms with Gasteiger partial charge < -0.3 is 4.74 Å². The van der Waals surface area contributed by atoms with Crippen LogP contribution in [0.1, 0.15) is 19.4 Å². The SMILES string of the molecule is COc1ccc(CN=CC(C(C)=O)C(C)=O)cc1. The number of ether oxygens (including phenoxy) is 1. The molecule has 0 heterocycles. The number of aliphatic imine (C=N–C) groups is 1. The average Bonchev–Trinajstić information content (AvgIpc) is 2.34. The fraction of sp³-hybridized carbons (Fsp3) is 0.357. The second-order valence-electron chi connectivity index (χ2n) is 4.04. The number of benzene rings is 1. The summed E-state index contributed by atoms with van der Waals surface area (Å²) in [5.41, 5.74) is 0.998. The first-order valence-corrected chi connectivity index (χ1v) is 5.68. The summed E-state index contributed by atoms with van der Waals surface area (Å²) in [5, 5.41) is 0. The third-order valence-electron chi connectivity index (χ3n) is 2.56. The maximum absolute atomic E-state index is 11.2. The van der Waals surface area contributed by atoms with Gasteiger partial charge in [-0.15, -0.1) is 0 Å². The van der Waals surface area contributed by atoms with Gasteiger partial charge in [-0.1, -0.05) is 12.1 Å². The molecule has 1 rings (SSSR count). The van der Waals surface area contributed by atoms with E-state index in [-0.39, 0.29) is 11.6 Å². The lowest BCUT2D eigenvalue weighted by Crippen LogP contribution is -2.20. The number of hydrogen-bond donors (Lipinski definition) is 0. The van der Waals surface area contributed by atoms with Gasteiger partial charge in [-0.25, -0.2) is 0 Å². The summed E-state index contributed by atoms with van der Waals surface area (Å²) in [5.74, 6) is -0.293. The summed E-state index contributed by atoms with van der Waals surface area (Å²) in [7, 11) is 1.61.